The molecule has 2 N–H and O–H groups in total. The molecule has 8 heteroatoms. The molecule has 0 aliphatic rings. The molecule has 0 aliphatic heterocycles. The Morgan fingerprint density at radius 2 is 2.05 bits per heavy atom. The fourth-order valence-corrected chi connectivity index (χ4v) is 2.50. The summed E-state index contributed by atoms with van der Waals surface area (Å²) < 4.78 is 6.22. The number of rotatable bonds is 6. The molecule has 2 rings (SSSR count). The van der Waals surface area contributed by atoms with E-state index in [-0.39, 0.29) is 18.1 Å². The average molecular weight is 321 g/mol. The van der Waals surface area contributed by atoms with Gasteiger partial charge in [-0.1, -0.05) is 30.0 Å². The SMILES string of the molecule is COCC(=O)Nc1nc(SC)n(-c2ccccc2)c1C(=O)O. The van der Waals surface area contributed by atoms with Crippen molar-refractivity contribution >= 4 is 29.5 Å². The molecule has 1 aromatic carbocycles. The van der Waals surface area contributed by atoms with Gasteiger partial charge in [0.1, 0.15) is 6.61 Å². The number of hydrogen-bond donors (Lipinski definition) is 2. The Bertz CT molecular complexity index is 685. The van der Waals surface area contributed by atoms with Crippen LogP contribution in [0.15, 0.2) is 35.5 Å². The van der Waals surface area contributed by atoms with Crippen molar-refractivity contribution in [3.8, 4) is 5.69 Å². The zero-order valence-corrected chi connectivity index (χ0v) is 12.9. The maximum atomic E-state index is 11.6. The number of ether oxygens (including phenoxy) is 1. The minimum atomic E-state index is -1.18. The second kappa shape index (κ2) is 7.10. The Morgan fingerprint density at radius 3 is 2.59 bits per heavy atom. The van der Waals surface area contributed by atoms with Crippen molar-refractivity contribution in [2.75, 3.05) is 25.3 Å². The number of nitrogens with zero attached hydrogens (tertiary/aromatic N) is 2. The van der Waals surface area contributed by atoms with Crippen molar-refractivity contribution in [1.29, 1.82) is 0 Å². The van der Waals surface area contributed by atoms with Crippen molar-refractivity contribution in [3.63, 3.8) is 0 Å². The summed E-state index contributed by atoms with van der Waals surface area (Å²) in [6, 6.07) is 8.98. The first kappa shape index (κ1) is 16.1. The maximum absolute atomic E-state index is 11.6. The normalized spacial score (nSPS) is 10.5. The van der Waals surface area contributed by atoms with Crippen LogP contribution in [0.2, 0.25) is 0 Å². The first-order chi connectivity index (χ1) is 10.6. The van der Waals surface area contributed by atoms with Crippen molar-refractivity contribution < 1.29 is 19.4 Å². The Kier molecular flexibility index (Phi) is 5.18. The number of aromatic carboxylic acids is 1. The highest BCUT2D eigenvalue weighted by atomic mass is 32.2. The minimum Gasteiger partial charge on any atom is -0.476 e. The van der Waals surface area contributed by atoms with E-state index in [4.69, 9.17) is 4.74 Å². The predicted octanol–water partition coefficient (Wildman–Crippen LogP) is 1.88. The van der Waals surface area contributed by atoms with Gasteiger partial charge in [-0.2, -0.15) is 0 Å². The third-order valence-corrected chi connectivity index (χ3v) is 3.42. The summed E-state index contributed by atoms with van der Waals surface area (Å²) in [4.78, 5) is 27.5. The van der Waals surface area contributed by atoms with E-state index in [0.717, 1.165) is 0 Å². The summed E-state index contributed by atoms with van der Waals surface area (Å²) in [6.45, 7) is -0.175. The maximum Gasteiger partial charge on any atom is 0.356 e. The van der Waals surface area contributed by atoms with Crippen LogP contribution in [-0.2, 0) is 9.53 Å². The van der Waals surface area contributed by atoms with Crippen molar-refractivity contribution in [3.05, 3.63) is 36.0 Å². The molecule has 0 unspecified atom stereocenters. The molecule has 0 atom stereocenters. The van der Waals surface area contributed by atoms with E-state index in [1.54, 1.807) is 30.5 Å². The van der Waals surface area contributed by atoms with E-state index in [9.17, 15) is 14.7 Å². The van der Waals surface area contributed by atoms with E-state index in [1.807, 2.05) is 6.07 Å². The molecule has 1 amide bonds. The molecule has 0 bridgehead atoms. The number of anilines is 1. The number of nitrogens with one attached hydrogen (secondary N) is 1. The molecular formula is C14H15N3O4S. The molecule has 0 radical (unpaired) electrons. The van der Waals surface area contributed by atoms with Gasteiger partial charge in [-0.15, -0.1) is 0 Å². The number of hydrogen-bond acceptors (Lipinski definition) is 5. The number of imidazole rings is 1. The third kappa shape index (κ3) is 3.29. The minimum absolute atomic E-state index is 0.00255. The van der Waals surface area contributed by atoms with E-state index >= 15 is 0 Å². The molecular weight excluding hydrogens is 306 g/mol. The van der Waals surface area contributed by atoms with Crippen LogP contribution < -0.4 is 5.32 Å². The molecule has 0 fully saturated rings. The second-order valence-corrected chi connectivity index (χ2v) is 5.03. The fourth-order valence-electron chi connectivity index (χ4n) is 1.94. The van der Waals surface area contributed by atoms with Crippen LogP contribution >= 0.6 is 11.8 Å². The van der Waals surface area contributed by atoms with Gasteiger partial charge < -0.3 is 15.2 Å². The Balaban J connectivity index is 2.55. The zero-order valence-electron chi connectivity index (χ0n) is 12.1. The van der Waals surface area contributed by atoms with Crippen LogP contribution in [0, 0.1) is 0 Å². The van der Waals surface area contributed by atoms with Gasteiger partial charge in [0.15, 0.2) is 16.7 Å². The van der Waals surface area contributed by atoms with Crippen molar-refractivity contribution in [2.24, 2.45) is 0 Å². The summed E-state index contributed by atoms with van der Waals surface area (Å²) in [5.74, 6) is -1.64. The van der Waals surface area contributed by atoms with Crippen molar-refractivity contribution in [2.45, 2.75) is 5.16 Å². The van der Waals surface area contributed by atoms with Crippen LogP contribution in [-0.4, -0.2) is 46.5 Å². The standard InChI is InChI=1S/C14H15N3O4S/c1-21-8-10(18)15-12-11(13(19)20)17(14(16-12)22-2)9-6-4-3-5-7-9/h3-7H,8H2,1-2H3,(H,15,18)(H,19,20). The summed E-state index contributed by atoms with van der Waals surface area (Å²) in [5, 5.41) is 12.4. The number of amides is 1. The highest BCUT2D eigenvalue weighted by molar-refractivity contribution is 7.98. The molecule has 116 valence electrons. The molecule has 2 aromatic rings. The summed E-state index contributed by atoms with van der Waals surface area (Å²) in [7, 11) is 1.38. The number of carbonyl (C=O) groups is 2. The lowest BCUT2D eigenvalue weighted by atomic mass is 10.3. The Labute approximate surface area is 131 Å². The first-order valence-corrected chi connectivity index (χ1v) is 7.55. The summed E-state index contributed by atoms with van der Waals surface area (Å²) >= 11 is 1.29. The highest BCUT2D eigenvalue weighted by Crippen LogP contribution is 2.27. The smallest absolute Gasteiger partial charge is 0.356 e. The predicted molar refractivity (Wildman–Crippen MR) is 82.8 cm³/mol. The van der Waals surface area contributed by atoms with Gasteiger partial charge in [-0.25, -0.2) is 9.78 Å². The third-order valence-electron chi connectivity index (χ3n) is 2.78. The molecule has 1 heterocycles. The average Bonchev–Trinajstić information content (AvgIpc) is 2.86. The van der Waals surface area contributed by atoms with Crippen LogP contribution in [0.25, 0.3) is 5.69 Å². The van der Waals surface area contributed by atoms with Gasteiger partial charge in [-0.05, 0) is 18.4 Å². The van der Waals surface area contributed by atoms with Gasteiger partial charge in [0.2, 0.25) is 0 Å². The number of para-hydroxylation sites is 1. The zero-order chi connectivity index (χ0) is 16.1. The van der Waals surface area contributed by atoms with E-state index in [0.29, 0.717) is 10.8 Å². The quantitative estimate of drug-likeness (QED) is 0.789. The molecule has 22 heavy (non-hydrogen) atoms. The summed E-state index contributed by atoms with van der Waals surface area (Å²) in [5.41, 5.74) is 0.559. The number of methoxy groups -OCH3 is 1. The van der Waals surface area contributed by atoms with Crippen LogP contribution in [0.1, 0.15) is 10.5 Å². The first-order valence-electron chi connectivity index (χ1n) is 6.32. The molecule has 0 spiro atoms. The van der Waals surface area contributed by atoms with Gasteiger partial charge in [0.05, 0.1) is 0 Å². The molecule has 7 nitrogen and oxygen atoms in total. The van der Waals surface area contributed by atoms with Gasteiger partial charge in [-0.3, -0.25) is 9.36 Å². The molecule has 0 saturated carbocycles. The lowest BCUT2D eigenvalue weighted by Gasteiger charge is -2.08. The number of thioether (sulfide) groups is 1. The Hall–Kier alpha value is -2.32. The molecule has 0 aliphatic carbocycles. The number of aromatic nitrogens is 2. The van der Waals surface area contributed by atoms with Gasteiger partial charge in [0, 0.05) is 12.8 Å². The number of carboxylic acid groups (broad SMARTS) is 1. The van der Waals surface area contributed by atoms with Gasteiger partial charge in [0.25, 0.3) is 5.91 Å². The Morgan fingerprint density at radius 1 is 1.36 bits per heavy atom. The summed E-state index contributed by atoms with van der Waals surface area (Å²) in [6.07, 6.45) is 1.79. The number of carbonyl (C=O) groups excluding carboxylic acids is 1. The van der Waals surface area contributed by atoms with Crippen molar-refractivity contribution in [1.82, 2.24) is 9.55 Å². The van der Waals surface area contributed by atoms with E-state index < -0.39 is 11.9 Å². The topological polar surface area (TPSA) is 93.5 Å². The molecule has 1 aromatic heterocycles. The second-order valence-electron chi connectivity index (χ2n) is 4.25. The number of carboxylic acids is 1. The largest absolute Gasteiger partial charge is 0.476 e. The van der Waals surface area contributed by atoms with E-state index in [2.05, 4.69) is 10.3 Å². The van der Waals surface area contributed by atoms with Crippen LogP contribution in [0.3, 0.4) is 0 Å². The van der Waals surface area contributed by atoms with Crippen LogP contribution in [0.4, 0.5) is 5.82 Å². The van der Waals surface area contributed by atoms with E-state index in [1.165, 1.54) is 23.4 Å². The monoisotopic (exact) mass is 321 g/mol. The number of benzene rings is 1. The van der Waals surface area contributed by atoms with Gasteiger partial charge >= 0.3 is 5.97 Å². The molecule has 0 saturated heterocycles. The highest BCUT2D eigenvalue weighted by Gasteiger charge is 2.24. The lowest BCUT2D eigenvalue weighted by Crippen LogP contribution is -2.19. The fraction of sp³-hybridized carbons (Fsp3) is 0.214. The van der Waals surface area contributed by atoms with Crippen LogP contribution in [0.5, 0.6) is 0 Å². The lowest BCUT2D eigenvalue weighted by molar-refractivity contribution is -0.119.